The Morgan fingerprint density at radius 3 is 2.68 bits per heavy atom. The Kier molecular flexibility index (Phi) is 6.04. The molecule has 4 N–H and O–H groups in total. The van der Waals surface area contributed by atoms with Crippen molar-refractivity contribution in [2.75, 3.05) is 19.6 Å². The summed E-state index contributed by atoms with van der Waals surface area (Å²) in [4.78, 5) is 24.7. The number of carbonyl (C=O) groups is 2. The molecule has 7 heteroatoms. The molecule has 2 amide bonds. The van der Waals surface area contributed by atoms with Gasteiger partial charge < -0.3 is 20.8 Å². The van der Waals surface area contributed by atoms with Crippen molar-refractivity contribution in [1.82, 2.24) is 15.5 Å². The molecule has 1 aliphatic rings. The second kappa shape index (κ2) is 7.30. The topological polar surface area (TPSA) is 102 Å². The lowest BCUT2D eigenvalue weighted by molar-refractivity contribution is -0.141. The molecule has 110 valence electrons. The number of rotatable bonds is 6. The third kappa shape index (κ3) is 4.68. The maximum absolute atomic E-state index is 11.6. The molecule has 0 bridgehead atoms. The van der Waals surface area contributed by atoms with E-state index in [9.17, 15) is 14.7 Å². The highest BCUT2D eigenvalue weighted by Crippen LogP contribution is 2.15. The number of aliphatic hydroxyl groups excluding tert-OH is 1. The number of carboxylic acids is 1. The average Bonchev–Trinajstić information content (AvgIpc) is 2.79. The maximum atomic E-state index is 11.6. The minimum atomic E-state index is -1.29. The zero-order chi connectivity index (χ0) is 14.4. The van der Waals surface area contributed by atoms with E-state index in [4.69, 9.17) is 5.11 Å². The molecular weight excluding hydrogens is 250 g/mol. The zero-order valence-electron chi connectivity index (χ0n) is 11.4. The van der Waals surface area contributed by atoms with Crippen LogP contribution in [0.25, 0.3) is 0 Å². The van der Waals surface area contributed by atoms with Gasteiger partial charge in [0.15, 0.2) is 6.04 Å². The van der Waals surface area contributed by atoms with E-state index in [1.54, 1.807) is 0 Å². The number of aliphatic hydroxyl groups is 1. The number of aliphatic carboxylic acids is 1. The average molecular weight is 273 g/mol. The molecule has 1 aliphatic heterocycles. The van der Waals surface area contributed by atoms with Crippen molar-refractivity contribution < 1.29 is 19.8 Å². The van der Waals surface area contributed by atoms with Crippen molar-refractivity contribution in [3.63, 3.8) is 0 Å². The van der Waals surface area contributed by atoms with E-state index >= 15 is 0 Å². The van der Waals surface area contributed by atoms with Gasteiger partial charge in [-0.2, -0.15) is 0 Å². The third-order valence-electron chi connectivity index (χ3n) is 3.44. The van der Waals surface area contributed by atoms with Gasteiger partial charge in [0, 0.05) is 12.6 Å². The van der Waals surface area contributed by atoms with Crippen LogP contribution in [0.4, 0.5) is 4.79 Å². The molecule has 0 aromatic carbocycles. The fraction of sp³-hybridized carbons (Fsp3) is 0.833. The van der Waals surface area contributed by atoms with Crippen LogP contribution >= 0.6 is 0 Å². The minimum absolute atomic E-state index is 0.311. The first-order valence-electron chi connectivity index (χ1n) is 6.65. The summed E-state index contributed by atoms with van der Waals surface area (Å²) in [6.07, 6.45) is 1.02. The Morgan fingerprint density at radius 1 is 1.47 bits per heavy atom. The molecule has 0 aromatic rings. The summed E-state index contributed by atoms with van der Waals surface area (Å²) in [5, 5.41) is 23.0. The summed E-state index contributed by atoms with van der Waals surface area (Å²) in [6, 6.07) is -1.53. The predicted octanol–water partition coefficient (Wildman–Crippen LogP) is -0.396. The lowest BCUT2D eigenvalue weighted by Gasteiger charge is -2.24. The van der Waals surface area contributed by atoms with Crippen LogP contribution in [0.3, 0.4) is 0 Å². The third-order valence-corrected chi connectivity index (χ3v) is 3.44. The van der Waals surface area contributed by atoms with Crippen LogP contribution in [0, 0.1) is 0 Å². The number of carboxylic acid groups (broad SMARTS) is 1. The summed E-state index contributed by atoms with van der Waals surface area (Å²) < 4.78 is 0. The Labute approximate surface area is 113 Å². The summed E-state index contributed by atoms with van der Waals surface area (Å²) in [5.41, 5.74) is 0. The summed E-state index contributed by atoms with van der Waals surface area (Å²) in [5.74, 6) is -1.25. The fourth-order valence-corrected chi connectivity index (χ4v) is 2.33. The molecule has 7 nitrogen and oxygen atoms in total. The van der Waals surface area contributed by atoms with Gasteiger partial charge in [-0.1, -0.05) is 6.92 Å². The molecule has 0 aromatic heterocycles. The molecule has 0 radical (unpaired) electrons. The van der Waals surface area contributed by atoms with E-state index in [1.165, 1.54) is 6.92 Å². The first kappa shape index (κ1) is 15.7. The van der Waals surface area contributed by atoms with Crippen LogP contribution in [-0.4, -0.2) is 64.9 Å². The molecule has 3 unspecified atom stereocenters. The molecule has 1 saturated heterocycles. The lowest BCUT2D eigenvalue weighted by Crippen LogP contribution is -2.52. The number of nitrogens with one attached hydrogen (secondary N) is 2. The Morgan fingerprint density at radius 2 is 2.16 bits per heavy atom. The maximum Gasteiger partial charge on any atom is 0.328 e. The molecule has 1 heterocycles. The standard InChI is InChI=1S/C12H23N3O4/c1-3-15-6-4-5-9(15)7-13-12(19)14-10(8(2)16)11(17)18/h8-10,16H,3-7H2,1-2H3,(H,17,18)(H2,13,14,19). The highest BCUT2D eigenvalue weighted by atomic mass is 16.4. The van der Waals surface area contributed by atoms with Crippen LogP contribution in [0.15, 0.2) is 0 Å². The number of nitrogens with zero attached hydrogens (tertiary/aromatic N) is 1. The molecule has 0 saturated carbocycles. The van der Waals surface area contributed by atoms with Gasteiger partial charge in [-0.15, -0.1) is 0 Å². The quantitative estimate of drug-likeness (QED) is 0.527. The smallest absolute Gasteiger partial charge is 0.328 e. The molecule has 3 atom stereocenters. The first-order valence-corrected chi connectivity index (χ1v) is 6.65. The molecule has 1 fully saturated rings. The Bertz CT molecular complexity index is 322. The van der Waals surface area contributed by atoms with Gasteiger partial charge >= 0.3 is 12.0 Å². The van der Waals surface area contributed by atoms with Crippen molar-refractivity contribution in [1.29, 1.82) is 0 Å². The summed E-state index contributed by atoms with van der Waals surface area (Å²) in [6.45, 7) is 5.88. The zero-order valence-corrected chi connectivity index (χ0v) is 11.4. The fourth-order valence-electron chi connectivity index (χ4n) is 2.33. The Hall–Kier alpha value is -1.34. The van der Waals surface area contributed by atoms with E-state index in [0.29, 0.717) is 12.6 Å². The SMILES string of the molecule is CCN1CCCC1CNC(=O)NC(C(=O)O)C(C)O. The van der Waals surface area contributed by atoms with E-state index in [0.717, 1.165) is 25.9 Å². The van der Waals surface area contributed by atoms with Gasteiger partial charge in [0.2, 0.25) is 0 Å². The number of likely N-dealkylation sites (tertiary alicyclic amines) is 1. The van der Waals surface area contributed by atoms with Gasteiger partial charge in [-0.25, -0.2) is 9.59 Å². The van der Waals surface area contributed by atoms with Crippen molar-refractivity contribution in [3.8, 4) is 0 Å². The number of amides is 2. The number of carbonyl (C=O) groups excluding carboxylic acids is 1. The molecule has 0 spiro atoms. The normalized spacial score (nSPS) is 22.8. The lowest BCUT2D eigenvalue weighted by atomic mass is 10.2. The van der Waals surface area contributed by atoms with Crippen molar-refractivity contribution >= 4 is 12.0 Å². The van der Waals surface area contributed by atoms with Crippen molar-refractivity contribution in [2.24, 2.45) is 0 Å². The van der Waals surface area contributed by atoms with Crippen molar-refractivity contribution in [3.05, 3.63) is 0 Å². The molecular formula is C12H23N3O4. The number of hydrogen-bond donors (Lipinski definition) is 4. The van der Waals surface area contributed by atoms with Gasteiger partial charge in [0.25, 0.3) is 0 Å². The summed E-state index contributed by atoms with van der Waals surface area (Å²) >= 11 is 0. The van der Waals surface area contributed by atoms with E-state index in [-0.39, 0.29) is 0 Å². The van der Waals surface area contributed by atoms with Crippen LogP contribution in [0.1, 0.15) is 26.7 Å². The monoisotopic (exact) mass is 273 g/mol. The molecule has 0 aliphatic carbocycles. The van der Waals surface area contributed by atoms with E-state index in [1.807, 2.05) is 0 Å². The second-order valence-electron chi connectivity index (χ2n) is 4.84. The van der Waals surface area contributed by atoms with Gasteiger partial charge in [0.1, 0.15) is 0 Å². The largest absolute Gasteiger partial charge is 0.480 e. The van der Waals surface area contributed by atoms with Crippen LogP contribution in [-0.2, 0) is 4.79 Å². The van der Waals surface area contributed by atoms with Crippen molar-refractivity contribution in [2.45, 2.75) is 44.9 Å². The van der Waals surface area contributed by atoms with Crippen LogP contribution in [0.5, 0.6) is 0 Å². The van der Waals surface area contributed by atoms with E-state index < -0.39 is 24.1 Å². The number of likely N-dealkylation sites (N-methyl/N-ethyl adjacent to an activating group) is 1. The number of urea groups is 1. The second-order valence-corrected chi connectivity index (χ2v) is 4.84. The van der Waals surface area contributed by atoms with Gasteiger partial charge in [-0.3, -0.25) is 4.90 Å². The number of hydrogen-bond acceptors (Lipinski definition) is 4. The first-order chi connectivity index (χ1) is 8.95. The predicted molar refractivity (Wildman–Crippen MR) is 69.9 cm³/mol. The van der Waals surface area contributed by atoms with Crippen LogP contribution in [0.2, 0.25) is 0 Å². The van der Waals surface area contributed by atoms with E-state index in [2.05, 4.69) is 22.5 Å². The molecule has 19 heavy (non-hydrogen) atoms. The van der Waals surface area contributed by atoms with Gasteiger partial charge in [0.05, 0.1) is 6.10 Å². The summed E-state index contributed by atoms with van der Waals surface area (Å²) in [7, 11) is 0. The molecule has 1 rings (SSSR count). The highest BCUT2D eigenvalue weighted by Gasteiger charge is 2.26. The Balaban J connectivity index is 2.36. The van der Waals surface area contributed by atoms with Gasteiger partial charge in [-0.05, 0) is 32.9 Å². The highest BCUT2D eigenvalue weighted by molar-refractivity contribution is 5.82. The van der Waals surface area contributed by atoms with Crippen LogP contribution < -0.4 is 10.6 Å². The minimum Gasteiger partial charge on any atom is -0.480 e.